The van der Waals surface area contributed by atoms with E-state index in [2.05, 4.69) is 9.99 Å². The molecule has 8 heteroatoms. The number of carbonyl (C=O) groups excluding carboxylic acids is 1. The van der Waals surface area contributed by atoms with Gasteiger partial charge in [-0.2, -0.15) is 0 Å². The molecule has 0 N–H and O–H groups in total. The van der Waals surface area contributed by atoms with Crippen molar-refractivity contribution >= 4 is 16.7 Å². The first-order valence-corrected chi connectivity index (χ1v) is 6.53. The quantitative estimate of drug-likeness (QED) is 0.265. The van der Waals surface area contributed by atoms with Crippen LogP contribution in [0.1, 0.15) is 0 Å². The minimum atomic E-state index is -0.666. The standard InChI is InChI=1S/C15H12N3O4.BrH/c1-17-6-7-18(9-17)8-12(19)22-16-13-14(20)10-4-2-3-5-11(10)15(13)21;/h2-7,9H,8H2,1H3;1H/q+1;/p-1. The van der Waals surface area contributed by atoms with Crippen molar-refractivity contribution in [2.24, 2.45) is 12.2 Å². The number of hydrogen-bond acceptors (Lipinski definition) is 5. The van der Waals surface area contributed by atoms with Gasteiger partial charge >= 0.3 is 5.97 Å². The van der Waals surface area contributed by atoms with Gasteiger partial charge in [0.05, 0.1) is 7.05 Å². The van der Waals surface area contributed by atoms with Gasteiger partial charge in [0, 0.05) is 10.8 Å². The molecule has 7 nitrogen and oxygen atoms in total. The highest BCUT2D eigenvalue weighted by Gasteiger charge is 2.13. The molecule has 0 aliphatic carbocycles. The molecule has 1 aromatic heterocycles. The van der Waals surface area contributed by atoms with Gasteiger partial charge in [-0.3, -0.25) is 9.59 Å². The van der Waals surface area contributed by atoms with Crippen LogP contribution < -0.4 is 37.8 Å². The molecule has 0 saturated heterocycles. The zero-order valence-electron chi connectivity index (χ0n) is 12.1. The predicted octanol–water partition coefficient (Wildman–Crippen LogP) is -3.88. The van der Waals surface area contributed by atoms with Gasteiger partial charge in [0.2, 0.25) is 17.2 Å². The lowest BCUT2D eigenvalue weighted by Gasteiger charge is -1.93. The SMILES string of the molecule is C[n+]1ccn(CC(=O)ON=c2c(=O)c3ccccc3c2=O)c1.[Br-]. The first-order valence-electron chi connectivity index (χ1n) is 6.53. The van der Waals surface area contributed by atoms with Crippen LogP contribution in [0.4, 0.5) is 0 Å². The van der Waals surface area contributed by atoms with Gasteiger partial charge in [-0.1, -0.05) is 29.4 Å². The Kier molecular flexibility index (Phi) is 4.85. The fourth-order valence-electron chi connectivity index (χ4n) is 2.19. The Hall–Kier alpha value is -2.61. The summed E-state index contributed by atoms with van der Waals surface area (Å²) in [4.78, 5) is 40.4. The van der Waals surface area contributed by atoms with Crippen molar-refractivity contribution in [3.05, 3.63) is 68.8 Å². The van der Waals surface area contributed by atoms with Crippen LogP contribution in [0.2, 0.25) is 0 Å². The fraction of sp³-hybridized carbons (Fsp3) is 0.133. The second-order valence-electron chi connectivity index (χ2n) is 4.86. The van der Waals surface area contributed by atoms with E-state index in [1.54, 1.807) is 52.1 Å². The second-order valence-corrected chi connectivity index (χ2v) is 4.86. The van der Waals surface area contributed by atoms with Gasteiger partial charge < -0.3 is 21.8 Å². The molecule has 0 aliphatic heterocycles. The number of hydrogen-bond donors (Lipinski definition) is 0. The minimum absolute atomic E-state index is 0. The van der Waals surface area contributed by atoms with Crippen LogP contribution in [0.15, 0.2) is 57.7 Å². The first-order chi connectivity index (χ1) is 10.6. The van der Waals surface area contributed by atoms with Gasteiger partial charge in [-0.15, -0.1) is 0 Å². The van der Waals surface area contributed by atoms with Gasteiger partial charge in [0.25, 0.3) is 0 Å². The summed E-state index contributed by atoms with van der Waals surface area (Å²) in [5, 5.41) is 3.64. The lowest BCUT2D eigenvalue weighted by Crippen LogP contribution is -3.00. The van der Waals surface area contributed by atoms with Crippen LogP contribution in [0.3, 0.4) is 0 Å². The third kappa shape index (κ3) is 3.26. The van der Waals surface area contributed by atoms with Crippen molar-refractivity contribution in [3.63, 3.8) is 0 Å². The number of rotatable bonds is 3. The maximum Gasteiger partial charge on any atom is 0.376 e. The summed E-state index contributed by atoms with van der Waals surface area (Å²) in [6.45, 7) is -0.0626. The summed E-state index contributed by atoms with van der Waals surface area (Å²) in [6.07, 6.45) is 5.14. The summed E-state index contributed by atoms with van der Waals surface area (Å²) in [5.74, 6) is -0.666. The van der Waals surface area contributed by atoms with E-state index in [0.717, 1.165) is 0 Å². The van der Waals surface area contributed by atoms with E-state index < -0.39 is 16.8 Å². The molecule has 3 rings (SSSR count). The highest BCUT2D eigenvalue weighted by Crippen LogP contribution is 2.01. The molecule has 0 radical (unpaired) electrons. The summed E-state index contributed by atoms with van der Waals surface area (Å²) < 4.78 is 3.36. The average Bonchev–Trinajstić information content (AvgIpc) is 3.01. The smallest absolute Gasteiger partial charge is 0.376 e. The molecule has 0 unspecified atom stereocenters. The molecular formula is C15H12BrN3O4. The van der Waals surface area contributed by atoms with Crippen molar-refractivity contribution in [1.29, 1.82) is 0 Å². The predicted molar refractivity (Wildman–Crippen MR) is 76.1 cm³/mol. The van der Waals surface area contributed by atoms with Crippen molar-refractivity contribution in [3.8, 4) is 0 Å². The number of nitrogens with zero attached hydrogens (tertiary/aromatic N) is 3. The Balaban J connectivity index is 0.00000192. The Morgan fingerprint density at radius 1 is 1.22 bits per heavy atom. The molecule has 0 amide bonds. The fourth-order valence-corrected chi connectivity index (χ4v) is 2.19. The number of halogens is 1. The maximum atomic E-state index is 12.0. The summed E-state index contributed by atoms with van der Waals surface area (Å²) in [6, 6.07) is 6.40. The molecular weight excluding hydrogens is 366 g/mol. The van der Waals surface area contributed by atoms with Gasteiger partial charge in [-0.05, 0) is 0 Å². The number of fused-ring (bicyclic) bond motifs is 1. The molecule has 2 aromatic carbocycles. The van der Waals surface area contributed by atoms with Crippen molar-refractivity contribution in [2.45, 2.75) is 6.54 Å². The highest BCUT2D eigenvalue weighted by atomic mass is 79.9. The van der Waals surface area contributed by atoms with Gasteiger partial charge in [0.1, 0.15) is 12.4 Å². The third-order valence-electron chi connectivity index (χ3n) is 3.22. The maximum absolute atomic E-state index is 12.0. The monoisotopic (exact) mass is 377 g/mol. The summed E-state index contributed by atoms with van der Waals surface area (Å²) in [5.41, 5.74) is -1.05. The first kappa shape index (κ1) is 16.8. The van der Waals surface area contributed by atoms with Gasteiger partial charge in [0.15, 0.2) is 11.9 Å². The molecule has 23 heavy (non-hydrogen) atoms. The zero-order valence-corrected chi connectivity index (χ0v) is 13.7. The van der Waals surface area contributed by atoms with Crippen molar-refractivity contribution < 1.29 is 31.2 Å². The Bertz CT molecular complexity index is 965. The van der Waals surface area contributed by atoms with E-state index in [1.807, 2.05) is 7.05 Å². The number of imidazole rings is 1. The topological polar surface area (TPSA) is 81.6 Å². The van der Waals surface area contributed by atoms with Crippen molar-refractivity contribution in [1.82, 2.24) is 4.57 Å². The van der Waals surface area contributed by atoms with Crippen LogP contribution in [-0.2, 0) is 23.2 Å². The normalized spacial score (nSPS) is 10.3. The summed E-state index contributed by atoms with van der Waals surface area (Å²) in [7, 11) is 1.81. The molecule has 0 spiro atoms. The van der Waals surface area contributed by atoms with E-state index >= 15 is 0 Å². The number of benzene rings is 1. The molecule has 0 bridgehead atoms. The number of aromatic nitrogens is 2. The minimum Gasteiger partial charge on any atom is -1.00 e. The Morgan fingerprint density at radius 3 is 2.35 bits per heavy atom. The third-order valence-corrected chi connectivity index (χ3v) is 3.22. The molecule has 3 aromatic rings. The van der Waals surface area contributed by atoms with E-state index in [-0.39, 0.29) is 39.7 Å². The number of carbonyl (C=O) groups is 1. The van der Waals surface area contributed by atoms with Crippen LogP contribution in [0.5, 0.6) is 0 Å². The Labute approximate surface area is 140 Å². The highest BCUT2D eigenvalue weighted by molar-refractivity contribution is 5.83. The van der Waals surface area contributed by atoms with Crippen molar-refractivity contribution in [2.75, 3.05) is 0 Å². The summed E-state index contributed by atoms with van der Waals surface area (Å²) >= 11 is 0. The van der Waals surface area contributed by atoms with Crippen LogP contribution in [0.25, 0.3) is 10.8 Å². The lowest BCUT2D eigenvalue weighted by molar-refractivity contribution is -0.671. The van der Waals surface area contributed by atoms with Crippen LogP contribution >= 0.6 is 0 Å². The van der Waals surface area contributed by atoms with Crippen LogP contribution in [-0.4, -0.2) is 10.5 Å². The van der Waals surface area contributed by atoms with Crippen LogP contribution in [0, 0.1) is 0 Å². The molecule has 118 valence electrons. The molecule has 0 aliphatic rings. The Morgan fingerprint density at radius 2 is 1.83 bits per heavy atom. The largest absolute Gasteiger partial charge is 1.00 e. The molecule has 0 atom stereocenters. The number of aryl methyl sites for hydroxylation is 1. The van der Waals surface area contributed by atoms with E-state index in [0.29, 0.717) is 0 Å². The van der Waals surface area contributed by atoms with E-state index in [9.17, 15) is 14.4 Å². The van der Waals surface area contributed by atoms with Gasteiger partial charge in [-0.25, -0.2) is 13.9 Å². The van der Waals surface area contributed by atoms with E-state index in [4.69, 9.17) is 0 Å². The molecule has 0 saturated carbocycles. The average molecular weight is 378 g/mol. The zero-order chi connectivity index (χ0) is 15.7. The lowest BCUT2D eigenvalue weighted by atomic mass is 10.2. The second kappa shape index (κ2) is 6.66. The molecule has 0 fully saturated rings. The van der Waals surface area contributed by atoms with E-state index in [1.165, 1.54) is 0 Å². The molecule has 1 heterocycles.